The van der Waals surface area contributed by atoms with Crippen LogP contribution in [0.1, 0.15) is 12.8 Å². The Bertz CT molecular complexity index is 195. The minimum Gasteiger partial charge on any atom is -0.395 e. The van der Waals surface area contributed by atoms with Gasteiger partial charge in [0, 0.05) is 26.2 Å². The second-order valence-corrected chi connectivity index (χ2v) is 3.71. The molecular formula is C10H20N2O3. The van der Waals surface area contributed by atoms with Crippen molar-refractivity contribution < 1.29 is 14.6 Å². The van der Waals surface area contributed by atoms with Crippen LogP contribution in [0, 0.1) is 0 Å². The average Bonchev–Trinajstić information content (AvgIpc) is 3.04. The summed E-state index contributed by atoms with van der Waals surface area (Å²) >= 11 is 0. The van der Waals surface area contributed by atoms with Crippen LogP contribution in [0.15, 0.2) is 0 Å². The molecule has 1 amide bonds. The van der Waals surface area contributed by atoms with Gasteiger partial charge in [-0.3, -0.25) is 4.79 Å². The van der Waals surface area contributed by atoms with Gasteiger partial charge in [0.25, 0.3) is 0 Å². The Hall–Kier alpha value is -0.650. The van der Waals surface area contributed by atoms with Gasteiger partial charge in [0.15, 0.2) is 0 Å². The molecular weight excluding hydrogens is 196 g/mol. The quantitative estimate of drug-likeness (QED) is 0.522. The van der Waals surface area contributed by atoms with Crippen molar-refractivity contribution in [2.45, 2.75) is 18.9 Å². The lowest BCUT2D eigenvalue weighted by atomic mass is 10.4. The fraction of sp³-hybridized carbons (Fsp3) is 0.900. The van der Waals surface area contributed by atoms with E-state index in [0.29, 0.717) is 32.3 Å². The smallest absolute Gasteiger partial charge is 0.236 e. The molecule has 5 heteroatoms. The Balaban J connectivity index is 2.17. The second-order valence-electron chi connectivity index (χ2n) is 3.71. The summed E-state index contributed by atoms with van der Waals surface area (Å²) in [6.07, 6.45) is 2.15. The van der Waals surface area contributed by atoms with Crippen molar-refractivity contribution in [3.8, 4) is 0 Å². The Kier molecular flexibility index (Phi) is 5.60. The summed E-state index contributed by atoms with van der Waals surface area (Å²) in [5.41, 5.74) is 0. The molecule has 0 aromatic rings. The van der Waals surface area contributed by atoms with Crippen molar-refractivity contribution in [1.29, 1.82) is 0 Å². The van der Waals surface area contributed by atoms with E-state index in [2.05, 4.69) is 5.32 Å². The molecule has 0 bridgehead atoms. The first-order chi connectivity index (χ1) is 7.29. The normalized spacial score (nSPS) is 15.3. The number of hydrogen-bond donors (Lipinski definition) is 2. The van der Waals surface area contributed by atoms with Gasteiger partial charge in [0.05, 0.1) is 19.8 Å². The number of ether oxygens (including phenoxy) is 1. The summed E-state index contributed by atoms with van der Waals surface area (Å²) in [5, 5.41) is 11.8. The van der Waals surface area contributed by atoms with Gasteiger partial charge in [-0.1, -0.05) is 0 Å². The van der Waals surface area contributed by atoms with Crippen molar-refractivity contribution in [2.75, 3.05) is 40.0 Å². The third kappa shape index (κ3) is 4.59. The lowest BCUT2D eigenvalue weighted by molar-refractivity contribution is -0.131. The second kappa shape index (κ2) is 6.76. The molecule has 1 fully saturated rings. The van der Waals surface area contributed by atoms with Crippen molar-refractivity contribution >= 4 is 5.91 Å². The number of aliphatic hydroxyl groups is 1. The number of nitrogens with zero attached hydrogens (tertiary/aromatic N) is 1. The molecule has 1 rings (SSSR count). The van der Waals surface area contributed by atoms with Crippen LogP contribution in [-0.4, -0.2) is 61.9 Å². The van der Waals surface area contributed by atoms with E-state index in [4.69, 9.17) is 9.84 Å². The first-order valence-corrected chi connectivity index (χ1v) is 5.39. The highest BCUT2D eigenvalue weighted by Gasteiger charge is 2.31. The molecule has 1 saturated carbocycles. The monoisotopic (exact) mass is 216 g/mol. The van der Waals surface area contributed by atoms with Gasteiger partial charge in [-0.25, -0.2) is 0 Å². The SMILES string of the molecule is COCCNCC(=O)N(CCO)C1CC1. The first kappa shape index (κ1) is 12.4. The minimum absolute atomic E-state index is 0.0420. The van der Waals surface area contributed by atoms with Crippen LogP contribution in [0.4, 0.5) is 0 Å². The number of carbonyl (C=O) groups excluding carboxylic acids is 1. The Labute approximate surface area is 90.4 Å². The zero-order chi connectivity index (χ0) is 11.1. The molecule has 0 aromatic heterocycles. The summed E-state index contributed by atoms with van der Waals surface area (Å²) in [4.78, 5) is 13.5. The molecule has 0 spiro atoms. The van der Waals surface area contributed by atoms with E-state index in [-0.39, 0.29) is 12.5 Å². The van der Waals surface area contributed by atoms with Crippen LogP contribution in [0.2, 0.25) is 0 Å². The molecule has 1 aliphatic rings. The topological polar surface area (TPSA) is 61.8 Å². The van der Waals surface area contributed by atoms with E-state index >= 15 is 0 Å². The molecule has 0 radical (unpaired) electrons. The highest BCUT2D eigenvalue weighted by Crippen LogP contribution is 2.26. The molecule has 0 aliphatic heterocycles. The number of carbonyl (C=O) groups is 1. The lowest BCUT2D eigenvalue weighted by Crippen LogP contribution is -2.41. The predicted octanol–water partition coefficient (Wildman–Crippen LogP) is -0.794. The molecule has 15 heavy (non-hydrogen) atoms. The molecule has 0 unspecified atom stereocenters. The third-order valence-corrected chi connectivity index (χ3v) is 2.41. The maximum Gasteiger partial charge on any atom is 0.236 e. The van der Waals surface area contributed by atoms with Crippen LogP contribution < -0.4 is 5.32 Å². The largest absolute Gasteiger partial charge is 0.395 e. The van der Waals surface area contributed by atoms with Crippen LogP contribution in [0.3, 0.4) is 0 Å². The molecule has 88 valence electrons. The standard InChI is InChI=1S/C10H20N2O3/c1-15-7-4-11-8-10(14)12(5-6-13)9-2-3-9/h9,11,13H,2-8H2,1H3. The fourth-order valence-electron chi connectivity index (χ4n) is 1.48. The molecule has 0 aromatic carbocycles. The van der Waals surface area contributed by atoms with E-state index < -0.39 is 0 Å². The minimum atomic E-state index is 0.0420. The number of methoxy groups -OCH3 is 1. The van der Waals surface area contributed by atoms with E-state index in [9.17, 15) is 4.79 Å². The van der Waals surface area contributed by atoms with Crippen molar-refractivity contribution in [1.82, 2.24) is 10.2 Å². The summed E-state index contributed by atoms with van der Waals surface area (Å²) < 4.78 is 4.86. The van der Waals surface area contributed by atoms with Crippen molar-refractivity contribution in [3.63, 3.8) is 0 Å². The molecule has 0 saturated heterocycles. The zero-order valence-electron chi connectivity index (χ0n) is 9.24. The van der Waals surface area contributed by atoms with Crippen molar-refractivity contribution in [3.05, 3.63) is 0 Å². The molecule has 0 atom stereocenters. The molecule has 2 N–H and O–H groups in total. The Morgan fingerprint density at radius 3 is 2.87 bits per heavy atom. The highest BCUT2D eigenvalue weighted by atomic mass is 16.5. The van der Waals surface area contributed by atoms with Gasteiger partial charge in [0.1, 0.15) is 0 Å². The average molecular weight is 216 g/mol. The van der Waals surface area contributed by atoms with E-state index in [1.807, 2.05) is 0 Å². The van der Waals surface area contributed by atoms with Crippen LogP contribution in [0.25, 0.3) is 0 Å². The summed E-state index contributed by atoms with van der Waals surface area (Å²) in [6, 6.07) is 0.369. The fourth-order valence-corrected chi connectivity index (χ4v) is 1.48. The van der Waals surface area contributed by atoms with Gasteiger partial charge < -0.3 is 20.1 Å². The predicted molar refractivity (Wildman–Crippen MR) is 56.6 cm³/mol. The highest BCUT2D eigenvalue weighted by molar-refractivity contribution is 5.78. The van der Waals surface area contributed by atoms with Gasteiger partial charge in [0.2, 0.25) is 5.91 Å². The Morgan fingerprint density at radius 2 is 2.33 bits per heavy atom. The zero-order valence-corrected chi connectivity index (χ0v) is 9.24. The number of hydrogen-bond acceptors (Lipinski definition) is 4. The maximum absolute atomic E-state index is 11.7. The van der Waals surface area contributed by atoms with Gasteiger partial charge in [-0.2, -0.15) is 0 Å². The Morgan fingerprint density at radius 1 is 1.60 bits per heavy atom. The van der Waals surface area contributed by atoms with Crippen LogP contribution in [-0.2, 0) is 9.53 Å². The molecule has 0 heterocycles. The van der Waals surface area contributed by atoms with E-state index in [1.54, 1.807) is 12.0 Å². The first-order valence-electron chi connectivity index (χ1n) is 5.39. The van der Waals surface area contributed by atoms with Crippen LogP contribution in [0.5, 0.6) is 0 Å². The summed E-state index contributed by atoms with van der Waals surface area (Å²) in [6.45, 7) is 2.12. The van der Waals surface area contributed by atoms with Gasteiger partial charge >= 0.3 is 0 Å². The van der Waals surface area contributed by atoms with E-state index in [1.165, 1.54) is 0 Å². The maximum atomic E-state index is 11.7. The summed E-state index contributed by atoms with van der Waals surface area (Å²) in [7, 11) is 1.63. The molecule has 1 aliphatic carbocycles. The van der Waals surface area contributed by atoms with Crippen molar-refractivity contribution in [2.24, 2.45) is 0 Å². The number of nitrogens with one attached hydrogen (secondary N) is 1. The van der Waals surface area contributed by atoms with E-state index in [0.717, 1.165) is 12.8 Å². The number of aliphatic hydroxyl groups excluding tert-OH is 1. The van der Waals surface area contributed by atoms with Gasteiger partial charge in [-0.05, 0) is 12.8 Å². The lowest BCUT2D eigenvalue weighted by Gasteiger charge is -2.21. The summed E-state index contributed by atoms with van der Waals surface area (Å²) in [5.74, 6) is 0.0719. The van der Waals surface area contributed by atoms with Gasteiger partial charge in [-0.15, -0.1) is 0 Å². The van der Waals surface area contributed by atoms with Crippen LogP contribution >= 0.6 is 0 Å². The number of amides is 1. The molecule has 5 nitrogen and oxygen atoms in total. The number of rotatable bonds is 8. The third-order valence-electron chi connectivity index (χ3n) is 2.41.